The summed E-state index contributed by atoms with van der Waals surface area (Å²) in [7, 11) is 0. The molecule has 0 radical (unpaired) electrons. The Bertz CT molecular complexity index is 597. The normalized spacial score (nSPS) is 18.4. The van der Waals surface area contributed by atoms with Crippen molar-refractivity contribution >= 4 is 17.2 Å². The molecule has 0 bridgehead atoms. The van der Waals surface area contributed by atoms with Crippen LogP contribution in [0.4, 0.5) is 0 Å². The third-order valence-electron chi connectivity index (χ3n) is 3.13. The topological polar surface area (TPSA) is 47.6 Å². The lowest BCUT2D eigenvalue weighted by atomic mass is 10.2. The van der Waals surface area contributed by atoms with E-state index in [1.807, 2.05) is 42.6 Å². The van der Waals surface area contributed by atoms with E-state index in [0.717, 1.165) is 4.88 Å². The van der Waals surface area contributed by atoms with Gasteiger partial charge in [-0.05, 0) is 30.5 Å². The predicted molar refractivity (Wildman–Crippen MR) is 77.2 cm³/mol. The summed E-state index contributed by atoms with van der Waals surface area (Å²) in [5.41, 5.74) is 0. The summed E-state index contributed by atoms with van der Waals surface area (Å²) in [5, 5.41) is 4.94. The summed E-state index contributed by atoms with van der Waals surface area (Å²) in [6.07, 6.45) is -0.604. The van der Waals surface area contributed by atoms with E-state index in [-0.39, 0.29) is 18.6 Å². The van der Waals surface area contributed by atoms with Gasteiger partial charge >= 0.3 is 0 Å². The zero-order valence-electron chi connectivity index (χ0n) is 11.0. The van der Waals surface area contributed by atoms with Crippen molar-refractivity contribution in [1.82, 2.24) is 5.32 Å². The Morgan fingerprint density at radius 2 is 2.10 bits per heavy atom. The van der Waals surface area contributed by atoms with E-state index in [1.165, 1.54) is 0 Å². The van der Waals surface area contributed by atoms with Crippen molar-refractivity contribution < 1.29 is 14.3 Å². The monoisotopic (exact) mass is 289 g/mol. The molecule has 4 nitrogen and oxygen atoms in total. The summed E-state index contributed by atoms with van der Waals surface area (Å²) in [4.78, 5) is 13.3. The number of nitrogens with one attached hydrogen (secondary N) is 1. The van der Waals surface area contributed by atoms with Crippen LogP contribution in [0.25, 0.3) is 0 Å². The number of ether oxygens (including phenoxy) is 2. The van der Waals surface area contributed by atoms with E-state index < -0.39 is 6.10 Å². The minimum atomic E-state index is -0.604. The highest BCUT2D eigenvalue weighted by Gasteiger charge is 2.28. The molecule has 0 saturated carbocycles. The van der Waals surface area contributed by atoms with Gasteiger partial charge in [-0.25, -0.2) is 0 Å². The molecule has 0 unspecified atom stereocenters. The van der Waals surface area contributed by atoms with Gasteiger partial charge in [0.1, 0.15) is 6.61 Å². The molecule has 1 aliphatic heterocycles. The molecule has 5 heteroatoms. The molecule has 1 aliphatic rings. The zero-order chi connectivity index (χ0) is 13.9. The Labute approximate surface area is 121 Å². The molecule has 0 fully saturated rings. The first kappa shape index (κ1) is 13.0. The molecule has 0 aliphatic carbocycles. The van der Waals surface area contributed by atoms with Gasteiger partial charge in [0.2, 0.25) is 6.10 Å². The van der Waals surface area contributed by atoms with Gasteiger partial charge in [-0.15, -0.1) is 11.3 Å². The van der Waals surface area contributed by atoms with E-state index in [9.17, 15) is 4.79 Å². The van der Waals surface area contributed by atoms with Gasteiger partial charge in [0.15, 0.2) is 11.5 Å². The Kier molecular flexibility index (Phi) is 3.60. The lowest BCUT2D eigenvalue weighted by molar-refractivity contribution is -0.131. The van der Waals surface area contributed by atoms with Crippen molar-refractivity contribution in [3.63, 3.8) is 0 Å². The fraction of sp³-hybridized carbons (Fsp3) is 0.267. The van der Waals surface area contributed by atoms with E-state index in [1.54, 1.807) is 17.4 Å². The Hall–Kier alpha value is -2.01. The average Bonchev–Trinajstić information content (AvgIpc) is 3.01. The number of rotatable bonds is 3. The van der Waals surface area contributed by atoms with Crippen LogP contribution < -0.4 is 14.8 Å². The molecule has 1 amide bonds. The van der Waals surface area contributed by atoms with Gasteiger partial charge < -0.3 is 14.8 Å². The third-order valence-corrected chi connectivity index (χ3v) is 4.18. The van der Waals surface area contributed by atoms with Crippen LogP contribution in [0.5, 0.6) is 11.5 Å². The van der Waals surface area contributed by atoms with Crippen LogP contribution in [0, 0.1) is 0 Å². The standard InChI is InChI=1S/C15H15NO3S/c1-10(14-7-4-8-20-14)16-15(17)13-9-18-11-5-2-3-6-12(11)19-13/h2-8,10,13H,9H2,1H3,(H,16,17)/t10-,13-/m0/s1. The fourth-order valence-electron chi connectivity index (χ4n) is 2.06. The van der Waals surface area contributed by atoms with E-state index in [4.69, 9.17) is 9.47 Å². The van der Waals surface area contributed by atoms with E-state index in [0.29, 0.717) is 11.5 Å². The highest BCUT2D eigenvalue weighted by molar-refractivity contribution is 7.10. The number of fused-ring (bicyclic) bond motifs is 1. The first-order chi connectivity index (χ1) is 9.74. The van der Waals surface area contributed by atoms with Crippen LogP contribution in [0.2, 0.25) is 0 Å². The third kappa shape index (κ3) is 2.63. The Balaban J connectivity index is 1.64. The predicted octanol–water partition coefficient (Wildman–Crippen LogP) is 2.77. The highest BCUT2D eigenvalue weighted by Crippen LogP contribution is 2.31. The molecular weight excluding hydrogens is 274 g/mol. The molecule has 2 atom stereocenters. The summed E-state index contributed by atoms with van der Waals surface area (Å²) < 4.78 is 11.2. The average molecular weight is 289 g/mol. The number of hydrogen-bond acceptors (Lipinski definition) is 4. The summed E-state index contributed by atoms with van der Waals surface area (Å²) in [6.45, 7) is 2.20. The van der Waals surface area contributed by atoms with Crippen molar-refractivity contribution in [2.45, 2.75) is 19.1 Å². The van der Waals surface area contributed by atoms with Gasteiger partial charge in [0, 0.05) is 4.88 Å². The molecule has 2 aromatic rings. The maximum atomic E-state index is 12.2. The Morgan fingerprint density at radius 1 is 1.30 bits per heavy atom. The minimum Gasteiger partial charge on any atom is -0.485 e. The number of amides is 1. The largest absolute Gasteiger partial charge is 0.485 e. The maximum Gasteiger partial charge on any atom is 0.265 e. The number of benzene rings is 1. The molecule has 2 heterocycles. The van der Waals surface area contributed by atoms with Crippen LogP contribution in [0.3, 0.4) is 0 Å². The highest BCUT2D eigenvalue weighted by atomic mass is 32.1. The molecule has 3 rings (SSSR count). The van der Waals surface area contributed by atoms with Gasteiger partial charge in [0.25, 0.3) is 5.91 Å². The number of hydrogen-bond donors (Lipinski definition) is 1. The fourth-order valence-corrected chi connectivity index (χ4v) is 2.80. The van der Waals surface area contributed by atoms with Crippen molar-refractivity contribution in [2.75, 3.05) is 6.61 Å². The smallest absolute Gasteiger partial charge is 0.265 e. The molecule has 1 aromatic carbocycles. The van der Waals surface area contributed by atoms with Gasteiger partial charge in [0.05, 0.1) is 6.04 Å². The molecule has 20 heavy (non-hydrogen) atoms. The first-order valence-corrected chi connectivity index (χ1v) is 7.34. The Morgan fingerprint density at radius 3 is 2.85 bits per heavy atom. The molecule has 104 valence electrons. The number of para-hydroxylation sites is 2. The van der Waals surface area contributed by atoms with Crippen molar-refractivity contribution in [1.29, 1.82) is 0 Å². The van der Waals surface area contributed by atoms with Crippen LogP contribution in [-0.4, -0.2) is 18.6 Å². The van der Waals surface area contributed by atoms with Gasteiger partial charge in [-0.1, -0.05) is 18.2 Å². The second-order valence-corrected chi connectivity index (χ2v) is 5.59. The number of carbonyl (C=O) groups excluding carboxylic acids is 1. The van der Waals surface area contributed by atoms with Gasteiger partial charge in [-0.2, -0.15) is 0 Å². The van der Waals surface area contributed by atoms with E-state index in [2.05, 4.69) is 5.32 Å². The van der Waals surface area contributed by atoms with Crippen LogP contribution in [-0.2, 0) is 4.79 Å². The van der Waals surface area contributed by atoms with Gasteiger partial charge in [-0.3, -0.25) is 4.79 Å². The second-order valence-electron chi connectivity index (χ2n) is 4.61. The van der Waals surface area contributed by atoms with Crippen LogP contribution in [0.1, 0.15) is 17.8 Å². The molecule has 0 spiro atoms. The van der Waals surface area contributed by atoms with Crippen LogP contribution in [0.15, 0.2) is 41.8 Å². The van der Waals surface area contributed by atoms with Crippen LogP contribution >= 0.6 is 11.3 Å². The lowest BCUT2D eigenvalue weighted by Crippen LogP contribution is -2.44. The summed E-state index contributed by atoms with van der Waals surface area (Å²) in [5.74, 6) is 1.14. The first-order valence-electron chi connectivity index (χ1n) is 6.46. The second kappa shape index (κ2) is 5.54. The quantitative estimate of drug-likeness (QED) is 0.945. The minimum absolute atomic E-state index is 0.0247. The molecule has 1 N–H and O–H groups in total. The van der Waals surface area contributed by atoms with Crippen molar-refractivity contribution in [3.05, 3.63) is 46.7 Å². The number of thiophene rings is 1. The molecular formula is C15H15NO3S. The maximum absolute atomic E-state index is 12.2. The van der Waals surface area contributed by atoms with Crippen molar-refractivity contribution in [3.8, 4) is 11.5 Å². The number of carbonyl (C=O) groups is 1. The summed E-state index contributed by atoms with van der Waals surface area (Å²) >= 11 is 1.62. The zero-order valence-corrected chi connectivity index (χ0v) is 11.9. The van der Waals surface area contributed by atoms with E-state index >= 15 is 0 Å². The lowest BCUT2D eigenvalue weighted by Gasteiger charge is -2.26. The molecule has 0 saturated heterocycles. The van der Waals surface area contributed by atoms with Crippen molar-refractivity contribution in [2.24, 2.45) is 0 Å². The molecule has 1 aromatic heterocycles. The summed E-state index contributed by atoms with van der Waals surface area (Å²) in [6, 6.07) is 11.3. The SMILES string of the molecule is C[C@H](NC(=O)[C@@H]1COc2ccccc2O1)c1cccs1.